The number of nitrogens with one attached hydrogen (secondary N) is 1. The van der Waals surface area contributed by atoms with Crippen LogP contribution in [0.3, 0.4) is 0 Å². The zero-order valence-corrected chi connectivity index (χ0v) is 6.62. The third kappa shape index (κ3) is 1.07. The van der Waals surface area contributed by atoms with E-state index in [-0.39, 0.29) is 0 Å². The fraction of sp³-hybridized carbons (Fsp3) is 0. The molecule has 0 saturated carbocycles. The van der Waals surface area contributed by atoms with E-state index < -0.39 is 0 Å². The molecular weight excluding hydrogens is 148 g/mol. The maximum absolute atomic E-state index is 5.80. The lowest BCUT2D eigenvalue weighted by Gasteiger charge is -2.12. The van der Waals surface area contributed by atoms with Crippen molar-refractivity contribution < 1.29 is 0 Å². The molecule has 0 aromatic rings. The molecule has 0 atom stereocenters. The topological polar surface area (TPSA) is 38.0 Å². The van der Waals surface area contributed by atoms with Gasteiger partial charge in [-0.2, -0.15) is 0 Å². The molecule has 0 fully saturated rings. The summed E-state index contributed by atoms with van der Waals surface area (Å²) in [6.07, 6.45) is 13.7. The molecule has 2 rings (SSSR count). The second kappa shape index (κ2) is 2.74. The molecule has 0 bridgehead atoms. The molecule has 1 heterocycles. The summed E-state index contributed by atoms with van der Waals surface area (Å²) in [6, 6.07) is 0. The fourth-order valence-corrected chi connectivity index (χ4v) is 1.24. The van der Waals surface area contributed by atoms with Gasteiger partial charge in [0, 0.05) is 11.8 Å². The van der Waals surface area contributed by atoms with E-state index in [2.05, 4.69) is 5.32 Å². The second-order valence-electron chi connectivity index (χ2n) is 2.67. The van der Waals surface area contributed by atoms with Crippen LogP contribution in [-0.2, 0) is 0 Å². The van der Waals surface area contributed by atoms with Gasteiger partial charge in [-0.25, -0.2) is 0 Å². The number of allylic oxidation sites excluding steroid dienone is 6. The number of nitrogens with two attached hydrogens (primary N) is 1. The van der Waals surface area contributed by atoms with Crippen LogP contribution in [0, 0.1) is 0 Å². The van der Waals surface area contributed by atoms with Gasteiger partial charge in [-0.3, -0.25) is 0 Å². The van der Waals surface area contributed by atoms with Crippen molar-refractivity contribution in [2.24, 2.45) is 5.73 Å². The Balaban J connectivity index is 2.52. The first kappa shape index (κ1) is 6.98. The van der Waals surface area contributed by atoms with Crippen LogP contribution in [0.4, 0.5) is 0 Å². The molecule has 60 valence electrons. The van der Waals surface area contributed by atoms with Crippen molar-refractivity contribution in [2.45, 2.75) is 0 Å². The molecule has 0 radical (unpaired) electrons. The molecule has 0 amide bonds. The van der Waals surface area contributed by atoms with Gasteiger partial charge >= 0.3 is 0 Å². The Morgan fingerprint density at radius 3 is 2.83 bits per heavy atom. The lowest BCUT2D eigenvalue weighted by Crippen LogP contribution is -2.15. The summed E-state index contributed by atoms with van der Waals surface area (Å²) in [5.74, 6) is 0. The maximum atomic E-state index is 5.80. The van der Waals surface area contributed by atoms with E-state index in [0.717, 1.165) is 17.0 Å². The van der Waals surface area contributed by atoms with E-state index in [1.165, 1.54) is 0 Å². The first-order valence-electron chi connectivity index (χ1n) is 3.86. The molecule has 0 unspecified atom stereocenters. The third-order valence-corrected chi connectivity index (χ3v) is 1.84. The highest BCUT2D eigenvalue weighted by Crippen LogP contribution is 2.17. The largest absolute Gasteiger partial charge is 0.397 e. The molecule has 1 aliphatic carbocycles. The summed E-state index contributed by atoms with van der Waals surface area (Å²) < 4.78 is 0. The zero-order valence-electron chi connectivity index (χ0n) is 6.62. The average Bonchev–Trinajstić information content (AvgIpc) is 2.29. The van der Waals surface area contributed by atoms with Gasteiger partial charge in [-0.1, -0.05) is 24.3 Å². The zero-order chi connectivity index (χ0) is 8.39. The monoisotopic (exact) mass is 158 g/mol. The lowest BCUT2D eigenvalue weighted by molar-refractivity contribution is 1.04. The highest BCUT2D eigenvalue weighted by atomic mass is 14.9. The predicted octanol–water partition coefficient (Wildman–Crippen LogP) is 1.33. The van der Waals surface area contributed by atoms with Crippen LogP contribution in [0.15, 0.2) is 59.6 Å². The highest BCUT2D eigenvalue weighted by molar-refractivity contribution is 5.51. The molecule has 2 nitrogen and oxygen atoms in total. The van der Waals surface area contributed by atoms with Crippen LogP contribution >= 0.6 is 0 Å². The molecule has 0 spiro atoms. The number of fused-ring (bicyclic) bond motifs is 1. The Kier molecular flexibility index (Phi) is 1.59. The Morgan fingerprint density at radius 2 is 1.92 bits per heavy atom. The molecule has 0 saturated heterocycles. The molecular formula is C10H10N2. The van der Waals surface area contributed by atoms with Crippen LogP contribution in [-0.4, -0.2) is 0 Å². The Morgan fingerprint density at radius 1 is 1.08 bits per heavy atom. The maximum Gasteiger partial charge on any atom is 0.0686 e. The minimum absolute atomic E-state index is 0.774. The van der Waals surface area contributed by atoms with E-state index in [1.54, 1.807) is 0 Å². The van der Waals surface area contributed by atoms with Gasteiger partial charge < -0.3 is 11.1 Å². The van der Waals surface area contributed by atoms with Crippen LogP contribution < -0.4 is 11.1 Å². The van der Waals surface area contributed by atoms with Crippen molar-refractivity contribution >= 4 is 0 Å². The summed E-state index contributed by atoms with van der Waals surface area (Å²) in [5, 5.41) is 3.11. The SMILES string of the molecule is NC1=C2NC=CC=C2C=CC=C1. The molecule has 2 heteroatoms. The minimum Gasteiger partial charge on any atom is -0.397 e. The third-order valence-electron chi connectivity index (χ3n) is 1.84. The summed E-state index contributed by atoms with van der Waals surface area (Å²) in [4.78, 5) is 0. The van der Waals surface area contributed by atoms with Crippen molar-refractivity contribution in [3.63, 3.8) is 0 Å². The summed E-state index contributed by atoms with van der Waals surface area (Å²) in [6.45, 7) is 0. The smallest absolute Gasteiger partial charge is 0.0686 e. The van der Waals surface area contributed by atoms with Gasteiger partial charge in [0.25, 0.3) is 0 Å². The van der Waals surface area contributed by atoms with Gasteiger partial charge in [-0.15, -0.1) is 0 Å². The van der Waals surface area contributed by atoms with Crippen molar-refractivity contribution in [3.05, 3.63) is 59.6 Å². The number of hydrogen-bond donors (Lipinski definition) is 2. The van der Waals surface area contributed by atoms with E-state index in [4.69, 9.17) is 5.73 Å². The van der Waals surface area contributed by atoms with Crippen LogP contribution in [0.2, 0.25) is 0 Å². The Bertz CT molecular complexity index is 341. The van der Waals surface area contributed by atoms with E-state index in [9.17, 15) is 0 Å². The molecule has 12 heavy (non-hydrogen) atoms. The number of dihydropyridines is 1. The average molecular weight is 158 g/mol. The summed E-state index contributed by atoms with van der Waals surface area (Å²) >= 11 is 0. The van der Waals surface area contributed by atoms with Crippen molar-refractivity contribution in [3.8, 4) is 0 Å². The van der Waals surface area contributed by atoms with Gasteiger partial charge in [0.15, 0.2) is 0 Å². The van der Waals surface area contributed by atoms with E-state index in [0.29, 0.717) is 0 Å². The van der Waals surface area contributed by atoms with Crippen molar-refractivity contribution in [2.75, 3.05) is 0 Å². The normalized spacial score (nSPS) is 19.8. The van der Waals surface area contributed by atoms with Crippen molar-refractivity contribution in [1.82, 2.24) is 5.32 Å². The molecule has 0 aromatic heterocycles. The molecule has 3 N–H and O–H groups in total. The van der Waals surface area contributed by atoms with E-state index in [1.807, 2.05) is 42.7 Å². The van der Waals surface area contributed by atoms with Crippen LogP contribution in [0.5, 0.6) is 0 Å². The molecule has 1 aliphatic heterocycles. The van der Waals surface area contributed by atoms with E-state index >= 15 is 0 Å². The minimum atomic E-state index is 0.774. The van der Waals surface area contributed by atoms with Gasteiger partial charge in [0.1, 0.15) is 0 Å². The van der Waals surface area contributed by atoms with Gasteiger partial charge in [-0.05, 0) is 12.2 Å². The standard InChI is InChI=1S/C10H10N2/c11-9-6-2-1-4-8-5-3-7-12-10(8)9/h1-7,12H,11H2. The predicted molar refractivity (Wildman–Crippen MR) is 49.9 cm³/mol. The van der Waals surface area contributed by atoms with Crippen LogP contribution in [0.25, 0.3) is 0 Å². The summed E-state index contributed by atoms with van der Waals surface area (Å²) in [7, 11) is 0. The second-order valence-corrected chi connectivity index (χ2v) is 2.67. The molecule has 2 aliphatic rings. The van der Waals surface area contributed by atoms with Crippen LogP contribution in [0.1, 0.15) is 0 Å². The highest BCUT2D eigenvalue weighted by Gasteiger charge is 2.07. The number of rotatable bonds is 0. The first-order chi connectivity index (χ1) is 5.88. The lowest BCUT2D eigenvalue weighted by atomic mass is 10.1. The number of hydrogen-bond acceptors (Lipinski definition) is 2. The quantitative estimate of drug-likeness (QED) is 0.558. The van der Waals surface area contributed by atoms with Gasteiger partial charge in [0.2, 0.25) is 0 Å². The molecule has 0 aromatic carbocycles. The van der Waals surface area contributed by atoms with Gasteiger partial charge in [0.05, 0.1) is 11.4 Å². The first-order valence-corrected chi connectivity index (χ1v) is 3.86. The fourth-order valence-electron chi connectivity index (χ4n) is 1.24. The Hall–Kier alpha value is -1.70. The summed E-state index contributed by atoms with van der Waals surface area (Å²) in [5.41, 5.74) is 8.69. The van der Waals surface area contributed by atoms with Crippen molar-refractivity contribution in [1.29, 1.82) is 0 Å². The Labute approximate surface area is 71.5 Å².